The summed E-state index contributed by atoms with van der Waals surface area (Å²) in [5.41, 5.74) is 7.32. The van der Waals surface area contributed by atoms with Crippen molar-refractivity contribution in [3.05, 3.63) is 58.9 Å². The molecule has 2 aromatic carbocycles. The molecule has 92 valence electrons. The molecule has 0 aromatic heterocycles. The van der Waals surface area contributed by atoms with Crippen molar-refractivity contribution < 1.29 is 4.39 Å². The summed E-state index contributed by atoms with van der Waals surface area (Å²) in [6, 6.07) is 11.4. The number of hydrogen-bond donors (Lipinski definition) is 2. The fourth-order valence-corrected chi connectivity index (χ4v) is 1.77. The van der Waals surface area contributed by atoms with Crippen molar-refractivity contribution in [2.75, 3.05) is 5.32 Å². The van der Waals surface area contributed by atoms with Gasteiger partial charge in [0.15, 0.2) is 0 Å². The lowest BCUT2D eigenvalue weighted by atomic mass is 10.2. The molecule has 2 nitrogen and oxygen atoms in total. The third-order valence-electron chi connectivity index (χ3n) is 2.38. The van der Waals surface area contributed by atoms with Crippen LogP contribution in [-0.2, 0) is 0 Å². The summed E-state index contributed by atoms with van der Waals surface area (Å²) in [4.78, 5) is 0.329. The van der Waals surface area contributed by atoms with Gasteiger partial charge in [0.25, 0.3) is 0 Å². The van der Waals surface area contributed by atoms with E-state index in [2.05, 4.69) is 5.32 Å². The number of anilines is 2. The van der Waals surface area contributed by atoms with Crippen LogP contribution in [0.1, 0.15) is 5.56 Å². The molecule has 0 heterocycles. The van der Waals surface area contributed by atoms with Crippen LogP contribution in [0.4, 0.5) is 15.8 Å². The summed E-state index contributed by atoms with van der Waals surface area (Å²) in [5, 5.41) is 3.41. The predicted octanol–water partition coefficient (Wildman–Crippen LogP) is 3.86. The molecule has 0 saturated heterocycles. The van der Waals surface area contributed by atoms with E-state index in [0.29, 0.717) is 15.7 Å². The van der Waals surface area contributed by atoms with E-state index < -0.39 is 0 Å². The minimum absolute atomic E-state index is 0.325. The van der Waals surface area contributed by atoms with Gasteiger partial charge in [0.1, 0.15) is 10.8 Å². The fraction of sp³-hybridized carbons (Fsp3) is 0. The third kappa shape index (κ3) is 2.97. The highest BCUT2D eigenvalue weighted by Gasteiger charge is 2.03. The minimum atomic E-state index is -0.363. The van der Waals surface area contributed by atoms with Crippen molar-refractivity contribution >= 4 is 40.2 Å². The summed E-state index contributed by atoms with van der Waals surface area (Å²) in [7, 11) is 0. The van der Waals surface area contributed by atoms with Crippen LogP contribution in [0.5, 0.6) is 0 Å². The van der Waals surface area contributed by atoms with E-state index in [-0.39, 0.29) is 5.82 Å². The van der Waals surface area contributed by atoms with Crippen LogP contribution in [0, 0.1) is 5.82 Å². The first-order valence-corrected chi connectivity index (χ1v) is 5.97. The van der Waals surface area contributed by atoms with E-state index in [9.17, 15) is 4.39 Å². The maximum absolute atomic E-state index is 13.5. The molecular formula is C13H10ClFN2S. The predicted molar refractivity (Wildman–Crippen MR) is 77.0 cm³/mol. The molecule has 0 spiro atoms. The molecule has 0 saturated carbocycles. The van der Waals surface area contributed by atoms with Crippen LogP contribution >= 0.6 is 23.8 Å². The molecule has 0 atom stereocenters. The number of nitrogens with one attached hydrogen (secondary N) is 1. The average molecular weight is 281 g/mol. The summed E-state index contributed by atoms with van der Waals surface area (Å²) in [6.07, 6.45) is 0. The second-order valence-corrected chi connectivity index (χ2v) is 4.57. The maximum atomic E-state index is 13.5. The molecule has 3 N–H and O–H groups in total. The standard InChI is InChI=1S/C13H10ClFN2S/c14-9-3-6-11(15)12(7-9)17-10-4-1-8(2-5-10)13(16)18/h1-7,17H,(H2,16,18). The Morgan fingerprint density at radius 2 is 1.83 bits per heavy atom. The van der Waals surface area contributed by atoms with Gasteiger partial charge in [-0.2, -0.15) is 0 Å². The molecule has 2 aromatic rings. The molecule has 2 rings (SSSR count). The summed E-state index contributed by atoms with van der Waals surface area (Å²) in [6.45, 7) is 0. The van der Waals surface area contributed by atoms with E-state index >= 15 is 0 Å². The van der Waals surface area contributed by atoms with Crippen LogP contribution in [0.25, 0.3) is 0 Å². The van der Waals surface area contributed by atoms with Crippen LogP contribution in [0.3, 0.4) is 0 Å². The van der Waals surface area contributed by atoms with Crippen molar-refractivity contribution in [3.63, 3.8) is 0 Å². The molecule has 0 radical (unpaired) electrons. The van der Waals surface area contributed by atoms with Crippen LogP contribution in [0.2, 0.25) is 5.02 Å². The van der Waals surface area contributed by atoms with Gasteiger partial charge >= 0.3 is 0 Å². The van der Waals surface area contributed by atoms with Gasteiger partial charge in [-0.05, 0) is 42.5 Å². The molecule has 5 heteroatoms. The van der Waals surface area contributed by atoms with Gasteiger partial charge in [-0.1, -0.05) is 23.8 Å². The van der Waals surface area contributed by atoms with Gasteiger partial charge < -0.3 is 11.1 Å². The highest BCUT2D eigenvalue weighted by atomic mass is 35.5. The minimum Gasteiger partial charge on any atom is -0.389 e. The van der Waals surface area contributed by atoms with Gasteiger partial charge in [0.05, 0.1) is 5.69 Å². The number of benzene rings is 2. The second-order valence-electron chi connectivity index (χ2n) is 3.69. The maximum Gasteiger partial charge on any atom is 0.146 e. The number of nitrogens with two attached hydrogens (primary N) is 1. The molecule has 0 bridgehead atoms. The Morgan fingerprint density at radius 1 is 1.17 bits per heavy atom. The molecule has 0 aliphatic rings. The lowest BCUT2D eigenvalue weighted by Crippen LogP contribution is -2.08. The van der Waals surface area contributed by atoms with E-state index in [1.807, 2.05) is 0 Å². The Hall–Kier alpha value is -1.65. The highest BCUT2D eigenvalue weighted by molar-refractivity contribution is 7.80. The third-order valence-corrected chi connectivity index (χ3v) is 2.85. The van der Waals surface area contributed by atoms with Crippen molar-refractivity contribution in [3.8, 4) is 0 Å². The van der Waals surface area contributed by atoms with Gasteiger partial charge in [0, 0.05) is 16.3 Å². The number of thiocarbonyl (C=S) groups is 1. The molecule has 18 heavy (non-hydrogen) atoms. The van der Waals surface area contributed by atoms with Gasteiger partial charge in [-0.15, -0.1) is 0 Å². The zero-order chi connectivity index (χ0) is 13.1. The van der Waals surface area contributed by atoms with Gasteiger partial charge in [0.2, 0.25) is 0 Å². The van der Waals surface area contributed by atoms with E-state index in [4.69, 9.17) is 29.6 Å². The van der Waals surface area contributed by atoms with Crippen LogP contribution in [0.15, 0.2) is 42.5 Å². The Labute approximate surface area is 115 Å². The van der Waals surface area contributed by atoms with Crippen molar-refractivity contribution in [2.45, 2.75) is 0 Å². The normalized spacial score (nSPS) is 10.1. The Bertz CT molecular complexity index is 584. The second kappa shape index (κ2) is 5.33. The van der Waals surface area contributed by atoms with Crippen molar-refractivity contribution in [1.29, 1.82) is 0 Å². The molecule has 0 aliphatic heterocycles. The zero-order valence-corrected chi connectivity index (χ0v) is 10.9. The number of hydrogen-bond acceptors (Lipinski definition) is 2. The van der Waals surface area contributed by atoms with E-state index in [1.54, 1.807) is 24.3 Å². The largest absolute Gasteiger partial charge is 0.389 e. The van der Waals surface area contributed by atoms with E-state index in [1.165, 1.54) is 18.2 Å². The first kappa shape index (κ1) is 12.8. The molecule has 0 unspecified atom stereocenters. The van der Waals surface area contributed by atoms with Gasteiger partial charge in [-0.3, -0.25) is 0 Å². The quantitative estimate of drug-likeness (QED) is 0.839. The monoisotopic (exact) mass is 280 g/mol. The molecule has 0 fully saturated rings. The molecular weight excluding hydrogens is 271 g/mol. The van der Waals surface area contributed by atoms with Crippen molar-refractivity contribution in [1.82, 2.24) is 0 Å². The summed E-state index contributed by atoms with van der Waals surface area (Å²) >= 11 is 10.7. The van der Waals surface area contributed by atoms with E-state index in [0.717, 1.165) is 11.3 Å². The Balaban J connectivity index is 2.23. The average Bonchev–Trinajstić information content (AvgIpc) is 2.34. The van der Waals surface area contributed by atoms with Crippen LogP contribution in [-0.4, -0.2) is 4.99 Å². The zero-order valence-electron chi connectivity index (χ0n) is 9.28. The lowest BCUT2D eigenvalue weighted by Gasteiger charge is -2.08. The Kier molecular flexibility index (Phi) is 3.79. The SMILES string of the molecule is NC(=S)c1ccc(Nc2cc(Cl)ccc2F)cc1. The summed E-state index contributed by atoms with van der Waals surface area (Å²) in [5.74, 6) is -0.363. The van der Waals surface area contributed by atoms with Crippen LogP contribution < -0.4 is 11.1 Å². The summed E-state index contributed by atoms with van der Waals surface area (Å²) < 4.78 is 13.5. The molecule has 0 amide bonds. The number of rotatable bonds is 3. The van der Waals surface area contributed by atoms with Gasteiger partial charge in [-0.25, -0.2) is 4.39 Å². The topological polar surface area (TPSA) is 38.0 Å². The smallest absolute Gasteiger partial charge is 0.146 e. The molecule has 0 aliphatic carbocycles. The first-order chi connectivity index (χ1) is 8.56. The number of halogens is 2. The lowest BCUT2D eigenvalue weighted by molar-refractivity contribution is 0.632. The highest BCUT2D eigenvalue weighted by Crippen LogP contribution is 2.23. The fourth-order valence-electron chi connectivity index (χ4n) is 1.47. The first-order valence-electron chi connectivity index (χ1n) is 5.18. The van der Waals surface area contributed by atoms with Crippen molar-refractivity contribution in [2.24, 2.45) is 5.73 Å². The Morgan fingerprint density at radius 3 is 2.44 bits per heavy atom.